The molecule has 2 aromatic rings. The van der Waals surface area contributed by atoms with Gasteiger partial charge >= 0.3 is 0 Å². The fraction of sp³-hybridized carbons (Fsp3) is 0.231. The Morgan fingerprint density at radius 2 is 1.76 bits per heavy atom. The molecule has 0 saturated heterocycles. The van der Waals surface area contributed by atoms with Crippen molar-refractivity contribution >= 4 is 11.6 Å². The van der Waals surface area contributed by atoms with Crippen molar-refractivity contribution in [3.05, 3.63) is 47.8 Å². The summed E-state index contributed by atoms with van der Waals surface area (Å²) in [4.78, 5) is 7.99. The molecule has 0 atom stereocenters. The molecule has 4 N–H and O–H groups in total. The van der Waals surface area contributed by atoms with Crippen LogP contribution in [0.5, 0.6) is 0 Å². The van der Waals surface area contributed by atoms with E-state index in [9.17, 15) is 0 Å². The van der Waals surface area contributed by atoms with Gasteiger partial charge < -0.3 is 11.5 Å². The largest absolute Gasteiger partial charge is 0.396 e. The smallest absolute Gasteiger partial charge is 0.220 e. The van der Waals surface area contributed by atoms with Crippen molar-refractivity contribution in [1.29, 1.82) is 0 Å². The number of nitrogen functional groups attached to an aromatic ring is 2. The summed E-state index contributed by atoms with van der Waals surface area (Å²) in [6.45, 7) is 0. The van der Waals surface area contributed by atoms with E-state index in [0.717, 1.165) is 25.0 Å². The molecule has 4 heteroatoms. The van der Waals surface area contributed by atoms with Crippen molar-refractivity contribution in [3.8, 4) is 0 Å². The Balaban J connectivity index is 1.92. The summed E-state index contributed by atoms with van der Waals surface area (Å²) in [5.74, 6) is 0.286. The van der Waals surface area contributed by atoms with E-state index >= 15 is 0 Å². The lowest BCUT2D eigenvalue weighted by Gasteiger charge is -2.05. The van der Waals surface area contributed by atoms with Gasteiger partial charge in [-0.1, -0.05) is 30.3 Å². The number of rotatable bonds is 4. The van der Waals surface area contributed by atoms with Crippen LogP contribution >= 0.6 is 0 Å². The minimum Gasteiger partial charge on any atom is -0.396 e. The van der Waals surface area contributed by atoms with Gasteiger partial charge in [0.05, 0.1) is 17.6 Å². The third kappa shape index (κ3) is 3.17. The van der Waals surface area contributed by atoms with Crippen LogP contribution in [0, 0.1) is 0 Å². The highest BCUT2D eigenvalue weighted by Crippen LogP contribution is 2.12. The Kier molecular flexibility index (Phi) is 3.55. The number of nitrogens with two attached hydrogens (primary N) is 2. The molecule has 0 amide bonds. The zero-order chi connectivity index (χ0) is 12.1. The quantitative estimate of drug-likeness (QED) is 0.836. The summed E-state index contributed by atoms with van der Waals surface area (Å²) in [6, 6.07) is 10.4. The number of aryl methyl sites for hydroxylation is 2. The molecule has 2 rings (SSSR count). The lowest BCUT2D eigenvalue weighted by molar-refractivity contribution is 0.799. The minimum atomic E-state index is 0.286. The highest BCUT2D eigenvalue weighted by Gasteiger charge is 2.02. The molecule has 0 spiro atoms. The molecular weight excluding hydrogens is 212 g/mol. The Morgan fingerprint density at radius 3 is 2.53 bits per heavy atom. The first kappa shape index (κ1) is 11.4. The third-order valence-electron chi connectivity index (χ3n) is 2.64. The Morgan fingerprint density at radius 1 is 1.00 bits per heavy atom. The number of benzene rings is 1. The van der Waals surface area contributed by atoms with Crippen LogP contribution in [0.4, 0.5) is 11.6 Å². The molecule has 17 heavy (non-hydrogen) atoms. The molecule has 0 aliphatic carbocycles. The van der Waals surface area contributed by atoms with Crippen molar-refractivity contribution in [2.75, 3.05) is 11.5 Å². The molecule has 0 bridgehead atoms. The summed E-state index contributed by atoms with van der Waals surface area (Å²) in [5, 5.41) is 0. The van der Waals surface area contributed by atoms with E-state index in [-0.39, 0.29) is 5.95 Å². The summed E-state index contributed by atoms with van der Waals surface area (Å²) in [7, 11) is 0. The predicted octanol–water partition coefficient (Wildman–Crippen LogP) is 1.82. The number of anilines is 2. The molecule has 88 valence electrons. The third-order valence-corrected chi connectivity index (χ3v) is 2.64. The maximum absolute atomic E-state index is 5.79. The second kappa shape index (κ2) is 5.30. The van der Waals surface area contributed by atoms with Gasteiger partial charge in [-0.3, -0.25) is 0 Å². The summed E-state index contributed by atoms with van der Waals surface area (Å²) >= 11 is 0. The summed E-state index contributed by atoms with van der Waals surface area (Å²) in [5.41, 5.74) is 14.1. The Labute approximate surface area is 101 Å². The van der Waals surface area contributed by atoms with Crippen LogP contribution in [0.2, 0.25) is 0 Å². The maximum Gasteiger partial charge on any atom is 0.220 e. The van der Waals surface area contributed by atoms with E-state index in [0.29, 0.717) is 5.69 Å². The molecule has 4 nitrogen and oxygen atoms in total. The number of aromatic nitrogens is 2. The van der Waals surface area contributed by atoms with Gasteiger partial charge in [-0.2, -0.15) is 0 Å². The second-order valence-corrected chi connectivity index (χ2v) is 3.97. The molecule has 1 aromatic carbocycles. The van der Waals surface area contributed by atoms with E-state index in [1.807, 2.05) is 18.2 Å². The molecule has 0 saturated carbocycles. The summed E-state index contributed by atoms with van der Waals surface area (Å²) < 4.78 is 0. The zero-order valence-electron chi connectivity index (χ0n) is 9.63. The Hall–Kier alpha value is -2.10. The number of hydrogen-bond donors (Lipinski definition) is 2. The summed E-state index contributed by atoms with van der Waals surface area (Å²) in [6.07, 6.45) is 4.42. The van der Waals surface area contributed by atoms with E-state index in [1.54, 1.807) is 6.20 Å². The standard InChI is InChI=1S/C13H16N4/c14-11-9-16-13(15)17-12(11)8-4-7-10-5-2-1-3-6-10/h1-3,5-6,9H,4,7-8,14H2,(H2,15,16,17). The monoisotopic (exact) mass is 228 g/mol. The van der Waals surface area contributed by atoms with Crippen LogP contribution in [0.25, 0.3) is 0 Å². The number of hydrogen-bond acceptors (Lipinski definition) is 4. The average molecular weight is 228 g/mol. The van der Waals surface area contributed by atoms with Crippen molar-refractivity contribution in [2.24, 2.45) is 0 Å². The lowest BCUT2D eigenvalue weighted by Crippen LogP contribution is -2.04. The molecule has 0 fully saturated rings. The topological polar surface area (TPSA) is 77.8 Å². The highest BCUT2D eigenvalue weighted by molar-refractivity contribution is 5.42. The van der Waals surface area contributed by atoms with Crippen molar-refractivity contribution in [2.45, 2.75) is 19.3 Å². The van der Waals surface area contributed by atoms with E-state index in [2.05, 4.69) is 22.1 Å². The second-order valence-electron chi connectivity index (χ2n) is 3.97. The molecule has 0 aliphatic heterocycles. The minimum absolute atomic E-state index is 0.286. The molecule has 1 heterocycles. The van der Waals surface area contributed by atoms with Gasteiger partial charge in [0.1, 0.15) is 0 Å². The zero-order valence-corrected chi connectivity index (χ0v) is 9.63. The Bertz CT molecular complexity index is 482. The van der Waals surface area contributed by atoms with Gasteiger partial charge in [0.25, 0.3) is 0 Å². The van der Waals surface area contributed by atoms with Gasteiger partial charge in [-0.15, -0.1) is 0 Å². The van der Waals surface area contributed by atoms with Gasteiger partial charge in [0.2, 0.25) is 5.95 Å². The maximum atomic E-state index is 5.79. The van der Waals surface area contributed by atoms with Crippen LogP contribution in [0.15, 0.2) is 36.5 Å². The van der Waals surface area contributed by atoms with Crippen LogP contribution in [-0.2, 0) is 12.8 Å². The van der Waals surface area contributed by atoms with Crippen LogP contribution in [0.3, 0.4) is 0 Å². The molecular formula is C13H16N4. The van der Waals surface area contributed by atoms with Crippen molar-refractivity contribution in [3.63, 3.8) is 0 Å². The SMILES string of the molecule is Nc1ncc(N)c(CCCc2ccccc2)n1. The normalized spacial score (nSPS) is 10.4. The fourth-order valence-electron chi connectivity index (χ4n) is 1.75. The molecule has 0 aliphatic rings. The van der Waals surface area contributed by atoms with Crippen LogP contribution < -0.4 is 11.5 Å². The van der Waals surface area contributed by atoms with Gasteiger partial charge in [-0.25, -0.2) is 9.97 Å². The predicted molar refractivity (Wildman–Crippen MR) is 69.3 cm³/mol. The first-order valence-electron chi connectivity index (χ1n) is 5.66. The average Bonchev–Trinajstić information content (AvgIpc) is 2.35. The van der Waals surface area contributed by atoms with Gasteiger partial charge in [-0.05, 0) is 24.8 Å². The number of nitrogens with zero attached hydrogens (tertiary/aromatic N) is 2. The first-order chi connectivity index (χ1) is 8.25. The molecule has 0 unspecified atom stereocenters. The van der Waals surface area contributed by atoms with Gasteiger partial charge in [0.15, 0.2) is 0 Å². The first-order valence-corrected chi connectivity index (χ1v) is 5.66. The molecule has 0 radical (unpaired) electrons. The van der Waals surface area contributed by atoms with E-state index in [1.165, 1.54) is 5.56 Å². The van der Waals surface area contributed by atoms with Gasteiger partial charge in [0, 0.05) is 0 Å². The van der Waals surface area contributed by atoms with E-state index in [4.69, 9.17) is 11.5 Å². The van der Waals surface area contributed by atoms with Crippen LogP contribution in [0.1, 0.15) is 17.7 Å². The van der Waals surface area contributed by atoms with E-state index < -0.39 is 0 Å². The lowest BCUT2D eigenvalue weighted by atomic mass is 10.1. The van der Waals surface area contributed by atoms with Crippen molar-refractivity contribution < 1.29 is 0 Å². The van der Waals surface area contributed by atoms with Crippen LogP contribution in [-0.4, -0.2) is 9.97 Å². The molecule has 1 aromatic heterocycles. The fourth-order valence-corrected chi connectivity index (χ4v) is 1.75. The highest BCUT2D eigenvalue weighted by atomic mass is 15.0. The van der Waals surface area contributed by atoms with Crippen molar-refractivity contribution in [1.82, 2.24) is 9.97 Å².